The zero-order valence-electron chi connectivity index (χ0n) is 23.1. The van der Waals surface area contributed by atoms with Gasteiger partial charge in [-0.2, -0.15) is 0 Å². The lowest BCUT2D eigenvalue weighted by Crippen LogP contribution is -2.52. The van der Waals surface area contributed by atoms with Gasteiger partial charge in [0.15, 0.2) is 5.60 Å². The van der Waals surface area contributed by atoms with Crippen LogP contribution >= 0.6 is 46.4 Å². The van der Waals surface area contributed by atoms with E-state index >= 15 is 0 Å². The van der Waals surface area contributed by atoms with E-state index in [2.05, 4.69) is 9.88 Å². The number of pyridine rings is 1. The average molecular weight is 639 g/mol. The maximum Gasteiger partial charge on any atom is 0.410 e. The van der Waals surface area contributed by atoms with E-state index in [-0.39, 0.29) is 6.04 Å². The Kier molecular flexibility index (Phi) is 8.13. The number of alkyl halides is 3. The van der Waals surface area contributed by atoms with Crippen LogP contribution in [0.25, 0.3) is 11.6 Å². The van der Waals surface area contributed by atoms with Crippen LogP contribution in [0.3, 0.4) is 0 Å². The topological polar surface area (TPSA) is 83.7 Å². The van der Waals surface area contributed by atoms with Crippen molar-refractivity contribution in [2.24, 2.45) is 7.05 Å². The molecule has 3 heterocycles. The van der Waals surface area contributed by atoms with E-state index in [0.717, 1.165) is 22.4 Å². The van der Waals surface area contributed by atoms with Crippen LogP contribution in [-0.4, -0.2) is 71.1 Å². The normalized spacial score (nSPS) is 19.5. The molecule has 1 saturated heterocycles. The summed E-state index contributed by atoms with van der Waals surface area (Å²) in [5.74, 6) is 0. The van der Waals surface area contributed by atoms with Crippen molar-refractivity contribution >= 4 is 64.1 Å². The number of rotatable bonds is 4. The number of carbonyl (C=O) groups excluding carboxylic acids is 1. The van der Waals surface area contributed by atoms with E-state index in [0.29, 0.717) is 42.5 Å². The Balaban J connectivity index is 1.51. The predicted molar refractivity (Wildman–Crippen MR) is 162 cm³/mol. The van der Waals surface area contributed by atoms with Crippen LogP contribution in [0, 0.1) is 0 Å². The first-order valence-electron chi connectivity index (χ1n) is 13.2. The van der Waals surface area contributed by atoms with Crippen molar-refractivity contribution in [1.82, 2.24) is 24.3 Å². The number of aromatic nitrogens is 3. The Morgan fingerprint density at radius 3 is 2.44 bits per heavy atom. The Morgan fingerprint density at radius 2 is 1.80 bits per heavy atom. The number of aliphatic hydroxyl groups is 1. The second kappa shape index (κ2) is 11.1. The van der Waals surface area contributed by atoms with Gasteiger partial charge in [0.2, 0.25) is 3.79 Å². The second-order valence-corrected chi connectivity index (χ2v) is 13.7. The van der Waals surface area contributed by atoms with Crippen molar-refractivity contribution in [3.05, 3.63) is 82.2 Å². The van der Waals surface area contributed by atoms with Crippen molar-refractivity contribution in [3.8, 4) is 0 Å². The molecule has 2 aliphatic rings. The van der Waals surface area contributed by atoms with E-state index in [1.165, 1.54) is 0 Å². The maximum atomic E-state index is 13.0. The molecule has 1 N–H and O–H groups in total. The lowest BCUT2D eigenvalue weighted by molar-refractivity contribution is 0.00417. The third-order valence-corrected chi connectivity index (χ3v) is 9.43. The fourth-order valence-corrected chi connectivity index (χ4v) is 5.69. The Labute approximate surface area is 259 Å². The minimum atomic E-state index is -1.77. The molecule has 2 aromatic heterocycles. The van der Waals surface area contributed by atoms with Gasteiger partial charge in [-0.3, -0.25) is 9.88 Å². The molecule has 41 heavy (non-hydrogen) atoms. The van der Waals surface area contributed by atoms with Crippen molar-refractivity contribution in [2.75, 3.05) is 26.2 Å². The first-order chi connectivity index (χ1) is 19.2. The van der Waals surface area contributed by atoms with Gasteiger partial charge in [-0.1, -0.05) is 58.5 Å². The third kappa shape index (κ3) is 5.70. The first-order valence-corrected chi connectivity index (χ1v) is 14.7. The van der Waals surface area contributed by atoms with Crippen molar-refractivity contribution < 1.29 is 14.6 Å². The van der Waals surface area contributed by atoms with Gasteiger partial charge in [0.25, 0.3) is 0 Å². The number of ether oxygens (including phenoxy) is 1. The highest BCUT2D eigenvalue weighted by atomic mass is 35.6. The number of nitrogens with zero attached hydrogens (tertiary/aromatic N) is 5. The van der Waals surface area contributed by atoms with E-state index in [1.807, 2.05) is 43.5 Å². The molecular formula is C29H31Cl4N5O3. The minimum Gasteiger partial charge on any atom is -0.439 e. The van der Waals surface area contributed by atoms with Gasteiger partial charge in [-0.25, -0.2) is 9.78 Å². The number of imidazole rings is 1. The van der Waals surface area contributed by atoms with Gasteiger partial charge in [0.1, 0.15) is 5.60 Å². The number of carbonyl (C=O) groups is 1. The lowest BCUT2D eigenvalue weighted by atomic mass is 9.84. The van der Waals surface area contributed by atoms with Gasteiger partial charge in [0, 0.05) is 44.4 Å². The molecule has 218 valence electrons. The molecule has 1 amide bonds. The molecule has 1 aliphatic heterocycles. The van der Waals surface area contributed by atoms with Crippen LogP contribution in [-0.2, 0) is 17.4 Å². The molecule has 1 aromatic carbocycles. The number of piperazine rings is 1. The number of amides is 1. The van der Waals surface area contributed by atoms with Gasteiger partial charge in [-0.05, 0) is 67.3 Å². The molecular weight excluding hydrogens is 608 g/mol. The lowest BCUT2D eigenvalue weighted by Gasteiger charge is -2.41. The number of benzene rings is 1. The highest BCUT2D eigenvalue weighted by molar-refractivity contribution is 6.68. The highest BCUT2D eigenvalue weighted by Crippen LogP contribution is 2.46. The average Bonchev–Trinajstić information content (AvgIpc) is 3.29. The Bertz CT molecular complexity index is 1490. The monoisotopic (exact) mass is 637 g/mol. The van der Waals surface area contributed by atoms with Gasteiger partial charge >= 0.3 is 6.09 Å². The quantitative estimate of drug-likeness (QED) is 0.342. The molecule has 1 aliphatic carbocycles. The Morgan fingerprint density at radius 1 is 1.10 bits per heavy atom. The summed E-state index contributed by atoms with van der Waals surface area (Å²) in [5, 5.41) is 12.6. The zero-order chi connectivity index (χ0) is 29.7. The van der Waals surface area contributed by atoms with Gasteiger partial charge < -0.3 is 19.3 Å². The molecule has 0 radical (unpaired) electrons. The fourth-order valence-electron chi connectivity index (χ4n) is 5.40. The molecule has 12 heteroatoms. The third-order valence-electron chi connectivity index (χ3n) is 7.83. The predicted octanol–water partition coefficient (Wildman–Crippen LogP) is 6.22. The summed E-state index contributed by atoms with van der Waals surface area (Å²) < 4.78 is 5.60. The summed E-state index contributed by atoms with van der Waals surface area (Å²) in [6.45, 7) is 6.79. The summed E-state index contributed by atoms with van der Waals surface area (Å²) in [5.41, 5.74) is 2.14. The molecule has 3 aromatic rings. The largest absolute Gasteiger partial charge is 0.439 e. The van der Waals surface area contributed by atoms with Crippen LogP contribution in [0.2, 0.25) is 5.02 Å². The molecule has 0 unspecified atom stereocenters. The molecule has 0 bridgehead atoms. The van der Waals surface area contributed by atoms with Gasteiger partial charge in [0.05, 0.1) is 30.0 Å². The van der Waals surface area contributed by atoms with Crippen molar-refractivity contribution in [1.29, 1.82) is 0 Å². The van der Waals surface area contributed by atoms with E-state index < -0.39 is 21.1 Å². The second-order valence-electron chi connectivity index (χ2n) is 11.0. The molecule has 0 spiro atoms. The smallest absolute Gasteiger partial charge is 0.410 e. The molecule has 2 atom stereocenters. The Hall–Kier alpha value is -2.33. The summed E-state index contributed by atoms with van der Waals surface area (Å²) >= 11 is 24.6. The summed E-state index contributed by atoms with van der Waals surface area (Å²) in [7, 11) is 1.85. The fraction of sp³-hybridized carbons (Fsp3) is 0.414. The van der Waals surface area contributed by atoms with E-state index in [1.54, 1.807) is 49.0 Å². The molecule has 0 saturated carbocycles. The van der Waals surface area contributed by atoms with Crippen LogP contribution in [0.15, 0.2) is 49.1 Å². The number of hydrogen-bond donors (Lipinski definition) is 1. The van der Waals surface area contributed by atoms with Crippen molar-refractivity contribution in [2.45, 2.75) is 41.8 Å². The number of aryl methyl sites for hydroxylation is 1. The van der Waals surface area contributed by atoms with Gasteiger partial charge in [-0.15, -0.1) is 0 Å². The van der Waals surface area contributed by atoms with Crippen LogP contribution in [0.1, 0.15) is 54.9 Å². The summed E-state index contributed by atoms with van der Waals surface area (Å²) in [6.07, 6.45) is 6.55. The maximum absolute atomic E-state index is 13.0. The van der Waals surface area contributed by atoms with Crippen LogP contribution in [0.5, 0.6) is 0 Å². The number of hydrogen-bond acceptors (Lipinski definition) is 6. The highest BCUT2D eigenvalue weighted by Gasteiger charge is 2.45. The number of halogens is 4. The SMILES string of the molecule is Cn1cncc1[C@](C)(O)C1=Cc2cccnc2[C@@H](N2CCN(C(=O)OC(C)(C)C(Cl)(Cl)Cl)CC2)c2ccc(Cl)cc21. The molecule has 1 fully saturated rings. The number of fused-ring (bicyclic) bond motifs is 2. The summed E-state index contributed by atoms with van der Waals surface area (Å²) in [6, 6.07) is 9.35. The first kappa shape index (κ1) is 30.1. The zero-order valence-corrected chi connectivity index (χ0v) is 26.1. The molecule has 8 nitrogen and oxygen atoms in total. The van der Waals surface area contributed by atoms with E-state index in [4.69, 9.17) is 56.1 Å². The minimum absolute atomic E-state index is 0.259. The standard InChI is InChI=1S/C29H31Cl4N5O3/c1-27(2,29(31,32)33)41-26(39)38-12-10-37(11-13-38)25-20-8-7-19(30)15-21(20)22(14-18-6-5-9-35-24(18)25)28(3,40)23-16-34-17-36(23)4/h5-9,14-17,25,40H,10-13H2,1-4H3/t25-,28+/m0/s1. The van der Waals surface area contributed by atoms with E-state index in [9.17, 15) is 9.90 Å². The molecule has 5 rings (SSSR count). The van der Waals surface area contributed by atoms with Crippen LogP contribution < -0.4 is 0 Å². The van der Waals surface area contributed by atoms with Crippen molar-refractivity contribution in [3.63, 3.8) is 0 Å². The summed E-state index contributed by atoms with van der Waals surface area (Å²) in [4.78, 5) is 25.9. The van der Waals surface area contributed by atoms with Crippen LogP contribution in [0.4, 0.5) is 4.79 Å².